The molecule has 3 rings (SSSR count). The number of nitrogens with one attached hydrogen (secondary N) is 1. The number of ether oxygens (including phenoxy) is 2. The molecular formula is C19H17F2N3O3. The van der Waals surface area contributed by atoms with Crippen LogP contribution in [0, 0.1) is 32.4 Å². The molecule has 3 aromatic rings. The summed E-state index contributed by atoms with van der Waals surface area (Å²) in [7, 11) is 1.21. The highest BCUT2D eigenvalue weighted by molar-refractivity contribution is 5.69. The van der Waals surface area contributed by atoms with Gasteiger partial charge in [-0.3, -0.25) is 4.79 Å². The van der Waals surface area contributed by atoms with Crippen molar-refractivity contribution in [3.05, 3.63) is 63.2 Å². The number of benzene rings is 1. The van der Waals surface area contributed by atoms with E-state index in [1.807, 2.05) is 0 Å². The van der Waals surface area contributed by atoms with Gasteiger partial charge < -0.3 is 14.5 Å². The third-order valence-electron chi connectivity index (χ3n) is 4.23. The lowest BCUT2D eigenvalue weighted by atomic mass is 10.1. The van der Waals surface area contributed by atoms with Crippen LogP contribution in [0.2, 0.25) is 0 Å². The number of methoxy groups -OCH3 is 1. The maximum atomic E-state index is 14.0. The number of aromatic nitrogens is 3. The highest BCUT2D eigenvalue weighted by Crippen LogP contribution is 2.38. The quantitative estimate of drug-likeness (QED) is 0.752. The van der Waals surface area contributed by atoms with Gasteiger partial charge in [0.2, 0.25) is 11.6 Å². The number of hydrogen-bond donors (Lipinski definition) is 1. The van der Waals surface area contributed by atoms with E-state index in [-0.39, 0.29) is 22.7 Å². The summed E-state index contributed by atoms with van der Waals surface area (Å²) in [4.78, 5) is 15.3. The van der Waals surface area contributed by atoms with Gasteiger partial charge in [-0.05, 0) is 32.9 Å². The largest absolute Gasteiger partial charge is 0.490 e. The fourth-order valence-electron chi connectivity index (χ4n) is 2.66. The summed E-state index contributed by atoms with van der Waals surface area (Å²) >= 11 is 0. The van der Waals surface area contributed by atoms with Gasteiger partial charge >= 0.3 is 0 Å². The lowest BCUT2D eigenvalue weighted by Crippen LogP contribution is -2.09. The molecule has 0 unspecified atom stereocenters. The Morgan fingerprint density at radius 1 is 1.11 bits per heavy atom. The van der Waals surface area contributed by atoms with Crippen molar-refractivity contribution in [3.63, 3.8) is 0 Å². The maximum absolute atomic E-state index is 14.0. The number of H-pyrrole nitrogens is 1. The third kappa shape index (κ3) is 3.38. The Balaban J connectivity index is 2.16. The molecule has 0 atom stereocenters. The maximum Gasteiger partial charge on any atom is 0.204 e. The van der Waals surface area contributed by atoms with Gasteiger partial charge in [-0.25, -0.2) is 4.39 Å². The molecule has 0 bridgehead atoms. The van der Waals surface area contributed by atoms with Crippen LogP contribution < -0.4 is 14.9 Å². The third-order valence-corrected chi connectivity index (χ3v) is 4.23. The second-order valence-corrected chi connectivity index (χ2v) is 5.96. The Kier molecular flexibility index (Phi) is 4.89. The fraction of sp³-hybridized carbons (Fsp3) is 0.211. The Bertz CT molecular complexity index is 1080. The predicted octanol–water partition coefficient (Wildman–Crippen LogP) is 3.84. The summed E-state index contributed by atoms with van der Waals surface area (Å²) in [5, 5.41) is 7.85. The average Bonchev–Trinajstić information content (AvgIpc) is 2.63. The molecule has 6 nitrogen and oxygen atoms in total. The van der Waals surface area contributed by atoms with Crippen molar-refractivity contribution in [1.29, 1.82) is 0 Å². The molecule has 0 aliphatic rings. The Hall–Kier alpha value is -3.29. The topological polar surface area (TPSA) is 77.1 Å². The van der Waals surface area contributed by atoms with E-state index >= 15 is 0 Å². The van der Waals surface area contributed by atoms with E-state index < -0.39 is 11.6 Å². The SMILES string of the molecule is COc1c(Oc2cnnc(C)c2-c2cc(=O)c(C)c(C)[nH]2)ccc(F)c1F. The molecule has 0 saturated heterocycles. The molecule has 27 heavy (non-hydrogen) atoms. The molecule has 2 heterocycles. The molecule has 1 aromatic carbocycles. The first-order valence-electron chi connectivity index (χ1n) is 8.06. The molecule has 2 aromatic heterocycles. The van der Waals surface area contributed by atoms with Crippen molar-refractivity contribution >= 4 is 0 Å². The molecule has 0 aliphatic carbocycles. The summed E-state index contributed by atoms with van der Waals surface area (Å²) in [6.07, 6.45) is 1.33. The molecule has 0 saturated carbocycles. The van der Waals surface area contributed by atoms with E-state index in [1.54, 1.807) is 20.8 Å². The minimum Gasteiger partial charge on any atom is -0.490 e. The number of rotatable bonds is 4. The van der Waals surface area contributed by atoms with Crippen molar-refractivity contribution in [2.45, 2.75) is 20.8 Å². The highest BCUT2D eigenvalue weighted by atomic mass is 19.2. The van der Waals surface area contributed by atoms with Crippen molar-refractivity contribution in [2.24, 2.45) is 0 Å². The van der Waals surface area contributed by atoms with Crippen LogP contribution in [0.3, 0.4) is 0 Å². The molecular weight excluding hydrogens is 356 g/mol. The minimum absolute atomic E-state index is 0.0313. The fourth-order valence-corrected chi connectivity index (χ4v) is 2.66. The monoisotopic (exact) mass is 373 g/mol. The number of aromatic amines is 1. The smallest absolute Gasteiger partial charge is 0.204 e. The minimum atomic E-state index is -1.16. The Morgan fingerprint density at radius 3 is 2.52 bits per heavy atom. The van der Waals surface area contributed by atoms with Crippen molar-refractivity contribution < 1.29 is 18.3 Å². The zero-order valence-corrected chi connectivity index (χ0v) is 15.2. The first-order valence-corrected chi connectivity index (χ1v) is 8.06. The van der Waals surface area contributed by atoms with Gasteiger partial charge in [-0.1, -0.05) is 0 Å². The zero-order chi connectivity index (χ0) is 19.7. The molecule has 0 fully saturated rings. The van der Waals surface area contributed by atoms with Crippen molar-refractivity contribution in [2.75, 3.05) is 7.11 Å². The van der Waals surface area contributed by atoms with Gasteiger partial charge in [0.25, 0.3) is 0 Å². The predicted molar refractivity (Wildman–Crippen MR) is 95.3 cm³/mol. The van der Waals surface area contributed by atoms with Crippen LogP contribution in [0.4, 0.5) is 8.78 Å². The van der Waals surface area contributed by atoms with E-state index in [4.69, 9.17) is 9.47 Å². The van der Waals surface area contributed by atoms with Crippen LogP contribution >= 0.6 is 0 Å². The van der Waals surface area contributed by atoms with Gasteiger partial charge in [0.05, 0.1) is 30.3 Å². The van der Waals surface area contributed by atoms with Gasteiger partial charge in [-0.2, -0.15) is 14.6 Å². The summed E-state index contributed by atoms with van der Waals surface area (Å²) < 4.78 is 38.1. The number of aryl methyl sites for hydroxylation is 2. The summed E-state index contributed by atoms with van der Waals surface area (Å²) in [6.45, 7) is 5.20. The van der Waals surface area contributed by atoms with E-state index in [1.165, 1.54) is 25.4 Å². The number of hydrogen-bond acceptors (Lipinski definition) is 5. The lowest BCUT2D eigenvalue weighted by molar-refractivity contribution is 0.344. The van der Waals surface area contributed by atoms with Gasteiger partial charge in [0.15, 0.2) is 22.7 Å². The van der Waals surface area contributed by atoms with Gasteiger partial charge in [0, 0.05) is 17.3 Å². The second-order valence-electron chi connectivity index (χ2n) is 5.96. The second kappa shape index (κ2) is 7.14. The Morgan fingerprint density at radius 2 is 1.85 bits per heavy atom. The summed E-state index contributed by atoms with van der Waals surface area (Å²) in [6, 6.07) is 3.62. The van der Waals surface area contributed by atoms with E-state index in [0.717, 1.165) is 6.07 Å². The average molecular weight is 373 g/mol. The van der Waals surface area contributed by atoms with Crippen LogP contribution in [-0.4, -0.2) is 22.3 Å². The molecule has 140 valence electrons. The Labute approximate surface area is 153 Å². The first-order chi connectivity index (χ1) is 12.8. The zero-order valence-electron chi connectivity index (χ0n) is 15.2. The standard InChI is InChI=1S/C19H17F2N3O3/c1-9-10(2)23-13(7-14(9)25)17-11(3)24-22-8-16(17)27-15-6-5-12(20)18(21)19(15)26-4/h5-8H,1-4H3,(H,23,25). The summed E-state index contributed by atoms with van der Waals surface area (Å²) in [5.74, 6) is -2.40. The molecule has 0 amide bonds. The lowest BCUT2D eigenvalue weighted by Gasteiger charge is -2.15. The van der Waals surface area contributed by atoms with Crippen LogP contribution in [0.25, 0.3) is 11.3 Å². The van der Waals surface area contributed by atoms with Crippen molar-refractivity contribution in [3.8, 4) is 28.5 Å². The molecule has 0 radical (unpaired) electrons. The normalized spacial score (nSPS) is 10.7. The van der Waals surface area contributed by atoms with Crippen molar-refractivity contribution in [1.82, 2.24) is 15.2 Å². The van der Waals surface area contributed by atoms with E-state index in [2.05, 4.69) is 15.2 Å². The molecule has 8 heteroatoms. The van der Waals surface area contributed by atoms with E-state index in [0.29, 0.717) is 28.2 Å². The van der Waals surface area contributed by atoms with Crippen LogP contribution in [0.15, 0.2) is 29.2 Å². The van der Waals surface area contributed by atoms with Gasteiger partial charge in [-0.15, -0.1) is 0 Å². The van der Waals surface area contributed by atoms with Gasteiger partial charge in [0.1, 0.15) is 0 Å². The van der Waals surface area contributed by atoms with Crippen LogP contribution in [-0.2, 0) is 0 Å². The molecule has 0 spiro atoms. The van der Waals surface area contributed by atoms with Crippen LogP contribution in [0.5, 0.6) is 17.2 Å². The van der Waals surface area contributed by atoms with E-state index in [9.17, 15) is 13.6 Å². The van der Waals surface area contributed by atoms with Crippen LogP contribution in [0.1, 0.15) is 17.0 Å². The number of nitrogens with zero attached hydrogens (tertiary/aromatic N) is 2. The number of halogens is 2. The highest BCUT2D eigenvalue weighted by Gasteiger charge is 2.20. The first kappa shape index (κ1) is 18.5. The molecule has 1 N–H and O–H groups in total. The number of pyridine rings is 1. The molecule has 0 aliphatic heterocycles. The summed E-state index contributed by atoms with van der Waals surface area (Å²) in [5.41, 5.74) is 2.61.